The molecular weight excluding hydrogens is 221 g/mol. The number of hydrogen-bond acceptors (Lipinski definition) is 3. The van der Waals surface area contributed by atoms with Crippen LogP contribution < -0.4 is 5.32 Å². The Morgan fingerprint density at radius 3 is 2.47 bits per heavy atom. The summed E-state index contributed by atoms with van der Waals surface area (Å²) in [6, 6.07) is 6.41. The number of halogens is 1. The molecule has 0 aromatic heterocycles. The number of benzene rings is 1. The third kappa shape index (κ3) is 4.53. The minimum absolute atomic E-state index is 0.0162. The lowest BCUT2D eigenvalue weighted by atomic mass is 10.1. The number of ether oxygens (including phenoxy) is 1. The fourth-order valence-electron chi connectivity index (χ4n) is 1.67. The Kier molecular flexibility index (Phi) is 5.10. The van der Waals surface area contributed by atoms with Gasteiger partial charge in [0.2, 0.25) is 0 Å². The van der Waals surface area contributed by atoms with Gasteiger partial charge in [0.15, 0.2) is 0 Å². The van der Waals surface area contributed by atoms with Crippen LogP contribution in [-0.2, 0) is 9.53 Å². The van der Waals surface area contributed by atoms with Crippen molar-refractivity contribution in [3.63, 3.8) is 0 Å². The van der Waals surface area contributed by atoms with Crippen molar-refractivity contribution >= 4 is 5.97 Å². The van der Waals surface area contributed by atoms with Crippen molar-refractivity contribution in [2.45, 2.75) is 32.4 Å². The first kappa shape index (κ1) is 13.6. The van der Waals surface area contributed by atoms with Gasteiger partial charge < -0.3 is 10.1 Å². The summed E-state index contributed by atoms with van der Waals surface area (Å²) in [5, 5.41) is 3.26. The Balaban J connectivity index is 2.51. The normalized spacial score (nSPS) is 14.1. The zero-order chi connectivity index (χ0) is 12.8. The van der Waals surface area contributed by atoms with Crippen LogP contribution in [0.4, 0.5) is 4.39 Å². The molecule has 0 radical (unpaired) electrons. The molecule has 1 N–H and O–H groups in total. The third-order valence-electron chi connectivity index (χ3n) is 2.61. The number of hydrogen-bond donors (Lipinski definition) is 1. The molecule has 17 heavy (non-hydrogen) atoms. The van der Waals surface area contributed by atoms with Crippen molar-refractivity contribution in [3.8, 4) is 0 Å². The topological polar surface area (TPSA) is 38.3 Å². The van der Waals surface area contributed by atoms with Crippen LogP contribution in [-0.4, -0.2) is 19.1 Å². The first-order chi connectivity index (χ1) is 8.02. The van der Waals surface area contributed by atoms with Gasteiger partial charge in [-0.3, -0.25) is 4.79 Å². The van der Waals surface area contributed by atoms with Gasteiger partial charge in [0.05, 0.1) is 13.5 Å². The van der Waals surface area contributed by atoms with E-state index in [9.17, 15) is 9.18 Å². The molecule has 4 heteroatoms. The third-order valence-corrected chi connectivity index (χ3v) is 2.61. The molecule has 2 atom stereocenters. The summed E-state index contributed by atoms with van der Waals surface area (Å²) in [7, 11) is 1.37. The van der Waals surface area contributed by atoms with Gasteiger partial charge in [-0.1, -0.05) is 12.1 Å². The Bertz CT molecular complexity index is 364. The van der Waals surface area contributed by atoms with Gasteiger partial charge in [-0.05, 0) is 31.5 Å². The number of carbonyl (C=O) groups is 1. The summed E-state index contributed by atoms with van der Waals surface area (Å²) in [5.74, 6) is -0.486. The fraction of sp³-hybridized carbons (Fsp3) is 0.462. The van der Waals surface area contributed by atoms with Crippen LogP contribution in [0.15, 0.2) is 24.3 Å². The Hall–Kier alpha value is -1.42. The maximum atomic E-state index is 12.7. The SMILES string of the molecule is COC(=O)CC(C)N[C@@H](C)c1ccc(F)cc1. The highest BCUT2D eigenvalue weighted by Gasteiger charge is 2.13. The first-order valence-electron chi connectivity index (χ1n) is 5.61. The van der Waals surface area contributed by atoms with E-state index in [1.165, 1.54) is 19.2 Å². The van der Waals surface area contributed by atoms with Gasteiger partial charge in [0.25, 0.3) is 0 Å². The van der Waals surface area contributed by atoms with E-state index >= 15 is 0 Å². The van der Waals surface area contributed by atoms with E-state index in [-0.39, 0.29) is 23.9 Å². The lowest BCUT2D eigenvalue weighted by Gasteiger charge is -2.19. The number of nitrogens with one attached hydrogen (secondary N) is 1. The molecule has 1 aromatic rings. The highest BCUT2D eigenvalue weighted by atomic mass is 19.1. The standard InChI is InChI=1S/C13H18FNO2/c1-9(8-13(16)17-3)15-10(2)11-4-6-12(14)7-5-11/h4-7,9-10,15H,8H2,1-3H3/t9?,10-/m0/s1. The van der Waals surface area contributed by atoms with Gasteiger partial charge in [0.1, 0.15) is 5.82 Å². The summed E-state index contributed by atoms with van der Waals surface area (Å²) < 4.78 is 17.3. The predicted octanol–water partition coefficient (Wildman–Crippen LogP) is 2.43. The van der Waals surface area contributed by atoms with Gasteiger partial charge in [-0.25, -0.2) is 4.39 Å². The first-order valence-corrected chi connectivity index (χ1v) is 5.61. The highest BCUT2D eigenvalue weighted by molar-refractivity contribution is 5.69. The van der Waals surface area contributed by atoms with Gasteiger partial charge in [-0.2, -0.15) is 0 Å². The van der Waals surface area contributed by atoms with E-state index in [4.69, 9.17) is 0 Å². The van der Waals surface area contributed by atoms with Crippen molar-refractivity contribution in [3.05, 3.63) is 35.6 Å². The van der Waals surface area contributed by atoms with E-state index in [1.54, 1.807) is 12.1 Å². The molecule has 0 aliphatic heterocycles. The molecule has 0 aliphatic rings. The molecule has 1 aromatic carbocycles. The van der Waals surface area contributed by atoms with Gasteiger partial charge in [-0.15, -0.1) is 0 Å². The molecule has 0 amide bonds. The Morgan fingerprint density at radius 1 is 1.35 bits per heavy atom. The van der Waals surface area contributed by atoms with E-state index in [0.717, 1.165) is 5.56 Å². The van der Waals surface area contributed by atoms with Crippen molar-refractivity contribution in [1.29, 1.82) is 0 Å². The second kappa shape index (κ2) is 6.35. The van der Waals surface area contributed by atoms with Crippen LogP contribution in [0.3, 0.4) is 0 Å². The second-order valence-corrected chi connectivity index (χ2v) is 4.12. The van der Waals surface area contributed by atoms with Crippen LogP contribution in [0.2, 0.25) is 0 Å². The maximum Gasteiger partial charge on any atom is 0.307 e. The summed E-state index contributed by atoms with van der Waals surface area (Å²) in [5.41, 5.74) is 0.989. The van der Waals surface area contributed by atoms with Crippen LogP contribution in [0.1, 0.15) is 31.9 Å². The number of rotatable bonds is 5. The van der Waals surface area contributed by atoms with Crippen LogP contribution in [0, 0.1) is 5.82 Å². The zero-order valence-corrected chi connectivity index (χ0v) is 10.4. The molecule has 0 spiro atoms. The molecule has 0 heterocycles. The summed E-state index contributed by atoms with van der Waals surface area (Å²) in [6.45, 7) is 3.89. The predicted molar refractivity (Wildman–Crippen MR) is 64.0 cm³/mol. The van der Waals surface area contributed by atoms with Crippen LogP contribution >= 0.6 is 0 Å². The molecule has 3 nitrogen and oxygen atoms in total. The van der Waals surface area contributed by atoms with E-state index < -0.39 is 0 Å². The van der Waals surface area contributed by atoms with Crippen molar-refractivity contribution in [2.75, 3.05) is 7.11 Å². The van der Waals surface area contributed by atoms with E-state index in [0.29, 0.717) is 6.42 Å². The lowest BCUT2D eigenvalue weighted by Crippen LogP contribution is -2.31. The van der Waals surface area contributed by atoms with Crippen molar-refractivity contribution in [1.82, 2.24) is 5.32 Å². The maximum absolute atomic E-state index is 12.7. The molecule has 1 rings (SSSR count). The quantitative estimate of drug-likeness (QED) is 0.802. The number of methoxy groups -OCH3 is 1. The van der Waals surface area contributed by atoms with Crippen molar-refractivity contribution in [2.24, 2.45) is 0 Å². The molecule has 0 saturated carbocycles. The average molecular weight is 239 g/mol. The molecule has 0 aliphatic carbocycles. The van der Waals surface area contributed by atoms with Crippen LogP contribution in [0.25, 0.3) is 0 Å². The summed E-state index contributed by atoms with van der Waals surface area (Å²) >= 11 is 0. The number of esters is 1. The molecule has 0 fully saturated rings. The lowest BCUT2D eigenvalue weighted by molar-refractivity contribution is -0.141. The van der Waals surface area contributed by atoms with Crippen LogP contribution in [0.5, 0.6) is 0 Å². The fourth-order valence-corrected chi connectivity index (χ4v) is 1.67. The minimum atomic E-state index is -0.247. The monoisotopic (exact) mass is 239 g/mol. The molecule has 0 bridgehead atoms. The van der Waals surface area contributed by atoms with Gasteiger partial charge in [0, 0.05) is 12.1 Å². The van der Waals surface area contributed by atoms with Crippen molar-refractivity contribution < 1.29 is 13.9 Å². The molecular formula is C13H18FNO2. The van der Waals surface area contributed by atoms with Gasteiger partial charge >= 0.3 is 5.97 Å². The minimum Gasteiger partial charge on any atom is -0.469 e. The smallest absolute Gasteiger partial charge is 0.307 e. The zero-order valence-electron chi connectivity index (χ0n) is 10.4. The number of carbonyl (C=O) groups excluding carboxylic acids is 1. The Labute approximate surface area is 101 Å². The summed E-state index contributed by atoms with van der Waals surface area (Å²) in [4.78, 5) is 11.1. The Morgan fingerprint density at radius 2 is 1.94 bits per heavy atom. The highest BCUT2D eigenvalue weighted by Crippen LogP contribution is 2.14. The molecule has 94 valence electrons. The van der Waals surface area contributed by atoms with E-state index in [1.807, 2.05) is 13.8 Å². The second-order valence-electron chi connectivity index (χ2n) is 4.12. The molecule has 1 unspecified atom stereocenters. The summed E-state index contributed by atoms with van der Waals surface area (Å²) in [6.07, 6.45) is 0.321. The van der Waals surface area contributed by atoms with E-state index in [2.05, 4.69) is 10.1 Å². The average Bonchev–Trinajstić information content (AvgIpc) is 2.29. The largest absolute Gasteiger partial charge is 0.469 e. The molecule has 0 saturated heterocycles.